The Hall–Kier alpha value is -0.450. The molecule has 2 unspecified atom stereocenters. The average Bonchev–Trinajstić information content (AvgIpc) is 2.91. The van der Waals surface area contributed by atoms with Crippen LogP contribution in [0.15, 0.2) is 0 Å². The molecule has 0 radical (unpaired) electrons. The Balaban J connectivity index is 1.92. The molecule has 2 heterocycles. The van der Waals surface area contributed by atoms with E-state index in [0.717, 1.165) is 25.9 Å². The van der Waals surface area contributed by atoms with Gasteiger partial charge in [0.05, 0.1) is 17.3 Å². The predicted octanol–water partition coefficient (Wildman–Crippen LogP) is 3.80. The van der Waals surface area contributed by atoms with Gasteiger partial charge in [0.2, 0.25) is 0 Å². The Morgan fingerprint density at radius 1 is 1.38 bits per heavy atom. The highest BCUT2D eigenvalue weighted by molar-refractivity contribution is 7.11. The summed E-state index contributed by atoms with van der Waals surface area (Å²) in [6, 6.07) is 0.474. The molecule has 1 aromatic rings. The minimum absolute atomic E-state index is 0.0368. The van der Waals surface area contributed by atoms with Crippen molar-refractivity contribution >= 4 is 11.3 Å². The minimum atomic E-state index is 0.0368. The van der Waals surface area contributed by atoms with Crippen LogP contribution in [0.3, 0.4) is 0 Å². The molecule has 0 bridgehead atoms. The molecule has 21 heavy (non-hydrogen) atoms. The zero-order chi connectivity index (χ0) is 14.9. The summed E-state index contributed by atoms with van der Waals surface area (Å²) in [4.78, 5) is 6.61. The lowest BCUT2D eigenvalue weighted by Crippen LogP contribution is -2.51. The van der Waals surface area contributed by atoms with Crippen LogP contribution in [0.5, 0.6) is 0 Å². The molecule has 1 aliphatic heterocycles. The van der Waals surface area contributed by atoms with Gasteiger partial charge in [-0.2, -0.15) is 0 Å². The van der Waals surface area contributed by atoms with Crippen molar-refractivity contribution in [3.05, 3.63) is 15.6 Å². The third-order valence-corrected chi connectivity index (χ3v) is 6.10. The number of aryl methyl sites for hydroxylation is 2. The van der Waals surface area contributed by atoms with Crippen molar-refractivity contribution in [2.75, 3.05) is 6.61 Å². The van der Waals surface area contributed by atoms with Crippen molar-refractivity contribution in [3.8, 4) is 0 Å². The van der Waals surface area contributed by atoms with E-state index >= 15 is 0 Å². The largest absolute Gasteiger partial charge is 0.378 e. The van der Waals surface area contributed by atoms with Gasteiger partial charge in [-0.05, 0) is 58.8 Å². The van der Waals surface area contributed by atoms with E-state index in [9.17, 15) is 0 Å². The fraction of sp³-hybridized carbons (Fsp3) is 0.824. The van der Waals surface area contributed by atoms with E-state index in [2.05, 4.69) is 26.1 Å². The van der Waals surface area contributed by atoms with Crippen LogP contribution in [0.4, 0.5) is 0 Å². The molecule has 3 rings (SSSR count). The second kappa shape index (κ2) is 6.35. The number of fused-ring (bicyclic) bond motifs is 1. The van der Waals surface area contributed by atoms with Gasteiger partial charge in [-0.15, -0.1) is 11.3 Å². The van der Waals surface area contributed by atoms with Crippen molar-refractivity contribution in [2.24, 2.45) is 0 Å². The lowest BCUT2D eigenvalue weighted by molar-refractivity contribution is -0.0346. The second-order valence-electron chi connectivity index (χ2n) is 6.83. The highest BCUT2D eigenvalue weighted by Gasteiger charge is 2.41. The molecule has 1 fully saturated rings. The number of aromatic nitrogens is 1. The molecule has 0 spiro atoms. The highest BCUT2D eigenvalue weighted by Crippen LogP contribution is 2.40. The van der Waals surface area contributed by atoms with Crippen LogP contribution in [-0.2, 0) is 23.1 Å². The first-order valence-electron chi connectivity index (χ1n) is 8.51. The Morgan fingerprint density at radius 2 is 2.19 bits per heavy atom. The molecule has 1 aliphatic carbocycles. The second-order valence-corrected chi connectivity index (χ2v) is 7.92. The Morgan fingerprint density at radius 3 is 2.90 bits per heavy atom. The van der Waals surface area contributed by atoms with Crippen molar-refractivity contribution in [3.63, 3.8) is 0 Å². The summed E-state index contributed by atoms with van der Waals surface area (Å²) in [5.74, 6) is 0. The smallest absolute Gasteiger partial charge is 0.113 e. The summed E-state index contributed by atoms with van der Waals surface area (Å²) in [6.45, 7) is 7.56. The molecule has 3 nitrogen and oxygen atoms in total. The van der Waals surface area contributed by atoms with Crippen molar-refractivity contribution in [1.82, 2.24) is 10.3 Å². The van der Waals surface area contributed by atoms with Crippen molar-refractivity contribution in [1.29, 1.82) is 0 Å². The summed E-state index contributed by atoms with van der Waals surface area (Å²) in [7, 11) is 0. The molecule has 2 aliphatic rings. The molecule has 0 amide bonds. The van der Waals surface area contributed by atoms with Gasteiger partial charge in [0.25, 0.3) is 0 Å². The summed E-state index contributed by atoms with van der Waals surface area (Å²) in [5, 5.41) is 5.18. The molecule has 118 valence electrons. The average molecular weight is 308 g/mol. The topological polar surface area (TPSA) is 34.2 Å². The number of ether oxygens (including phenoxy) is 1. The fourth-order valence-corrected chi connectivity index (χ4v) is 5.05. The third-order valence-electron chi connectivity index (χ3n) is 4.73. The lowest BCUT2D eigenvalue weighted by atomic mass is 9.85. The van der Waals surface area contributed by atoms with E-state index in [1.807, 2.05) is 11.3 Å². The molecular formula is C17H28N2OS. The van der Waals surface area contributed by atoms with E-state index in [1.165, 1.54) is 36.4 Å². The maximum Gasteiger partial charge on any atom is 0.113 e. The molecule has 1 saturated heterocycles. The maximum atomic E-state index is 5.92. The van der Waals surface area contributed by atoms with Crippen LogP contribution in [0.1, 0.15) is 68.5 Å². The number of hydrogen-bond donors (Lipinski definition) is 1. The van der Waals surface area contributed by atoms with Gasteiger partial charge in [0, 0.05) is 17.5 Å². The first-order valence-corrected chi connectivity index (χ1v) is 9.33. The Bertz CT molecular complexity index is 462. The SMILES string of the molecule is CCC1CC(NC(C)C)(c2nc3c(s2)CCCC3)CCO1. The Kier molecular flexibility index (Phi) is 4.67. The van der Waals surface area contributed by atoms with E-state index in [0.29, 0.717) is 12.1 Å². The Labute approximate surface area is 132 Å². The van der Waals surface area contributed by atoms with Gasteiger partial charge >= 0.3 is 0 Å². The zero-order valence-corrected chi connectivity index (χ0v) is 14.4. The van der Waals surface area contributed by atoms with Crippen LogP contribution >= 0.6 is 11.3 Å². The summed E-state index contributed by atoms with van der Waals surface area (Å²) < 4.78 is 5.92. The number of hydrogen-bond acceptors (Lipinski definition) is 4. The standard InChI is InChI=1S/C17H28N2OS/c1-4-13-11-17(9-10-20-13,19-12(2)3)16-18-14-7-5-6-8-15(14)21-16/h12-13,19H,4-11H2,1-3H3. The molecule has 0 aromatic carbocycles. The molecule has 1 aromatic heterocycles. The highest BCUT2D eigenvalue weighted by atomic mass is 32.1. The van der Waals surface area contributed by atoms with E-state index in [4.69, 9.17) is 9.72 Å². The summed E-state index contributed by atoms with van der Waals surface area (Å²) >= 11 is 1.97. The van der Waals surface area contributed by atoms with Gasteiger partial charge in [-0.1, -0.05) is 6.92 Å². The normalized spacial score (nSPS) is 29.6. The monoisotopic (exact) mass is 308 g/mol. The molecule has 2 atom stereocenters. The summed E-state index contributed by atoms with van der Waals surface area (Å²) in [5.41, 5.74) is 1.42. The van der Waals surface area contributed by atoms with Crippen LogP contribution in [0, 0.1) is 0 Å². The van der Waals surface area contributed by atoms with Crippen LogP contribution < -0.4 is 5.32 Å². The van der Waals surface area contributed by atoms with E-state index in [1.54, 1.807) is 4.88 Å². The van der Waals surface area contributed by atoms with Crippen LogP contribution in [-0.4, -0.2) is 23.7 Å². The number of rotatable bonds is 4. The predicted molar refractivity (Wildman–Crippen MR) is 88.0 cm³/mol. The maximum absolute atomic E-state index is 5.92. The number of nitrogens with one attached hydrogen (secondary N) is 1. The first kappa shape index (κ1) is 15.4. The van der Waals surface area contributed by atoms with Gasteiger partial charge in [-0.25, -0.2) is 4.98 Å². The first-order chi connectivity index (χ1) is 10.1. The zero-order valence-electron chi connectivity index (χ0n) is 13.6. The third kappa shape index (κ3) is 3.17. The van der Waals surface area contributed by atoms with Gasteiger partial charge in [0.15, 0.2) is 0 Å². The number of thiazole rings is 1. The lowest BCUT2D eigenvalue weighted by Gasteiger charge is -2.41. The van der Waals surface area contributed by atoms with E-state index < -0.39 is 0 Å². The fourth-order valence-electron chi connectivity index (χ4n) is 3.71. The van der Waals surface area contributed by atoms with Crippen molar-refractivity contribution in [2.45, 2.75) is 83.4 Å². The van der Waals surface area contributed by atoms with Crippen molar-refractivity contribution < 1.29 is 4.74 Å². The van der Waals surface area contributed by atoms with Crippen LogP contribution in [0.2, 0.25) is 0 Å². The van der Waals surface area contributed by atoms with Gasteiger partial charge < -0.3 is 10.1 Å². The molecular weight excluding hydrogens is 280 g/mol. The molecule has 1 N–H and O–H groups in total. The molecule has 0 saturated carbocycles. The van der Waals surface area contributed by atoms with Crippen LogP contribution in [0.25, 0.3) is 0 Å². The quantitative estimate of drug-likeness (QED) is 0.918. The summed E-state index contributed by atoms with van der Waals surface area (Å²) in [6.07, 6.45) is 8.62. The number of nitrogens with zero attached hydrogens (tertiary/aromatic N) is 1. The van der Waals surface area contributed by atoms with E-state index in [-0.39, 0.29) is 5.54 Å². The molecule has 4 heteroatoms. The minimum Gasteiger partial charge on any atom is -0.378 e. The van der Waals surface area contributed by atoms with Gasteiger partial charge in [-0.3, -0.25) is 0 Å². The van der Waals surface area contributed by atoms with Gasteiger partial charge in [0.1, 0.15) is 5.01 Å².